The van der Waals surface area contributed by atoms with Gasteiger partial charge < -0.3 is 14.8 Å². The van der Waals surface area contributed by atoms with E-state index in [1.54, 1.807) is 6.92 Å². The molecule has 0 amide bonds. The molecule has 5 nitrogen and oxygen atoms in total. The Kier molecular flexibility index (Phi) is 3.85. The van der Waals surface area contributed by atoms with E-state index < -0.39 is 18.0 Å². The number of hydrogen-bond donors (Lipinski definition) is 1. The lowest BCUT2D eigenvalue weighted by Gasteiger charge is -2.07. The summed E-state index contributed by atoms with van der Waals surface area (Å²) in [7, 11) is 1.28. The number of esters is 2. The highest BCUT2D eigenvalue weighted by atomic mass is 16.6. The number of hydrogen-bond acceptors (Lipinski definition) is 5. The molecule has 1 unspecified atom stereocenters. The quantitative estimate of drug-likeness (QED) is 0.824. The van der Waals surface area contributed by atoms with Crippen molar-refractivity contribution in [2.45, 2.75) is 19.6 Å². The highest BCUT2D eigenvalue weighted by Gasteiger charge is 2.36. The third-order valence-corrected chi connectivity index (χ3v) is 2.88. The largest absolute Gasteiger partial charge is 0.465 e. The Labute approximate surface area is 111 Å². The third kappa shape index (κ3) is 2.76. The molecule has 1 aromatic carbocycles. The van der Waals surface area contributed by atoms with Crippen molar-refractivity contribution in [1.29, 1.82) is 0 Å². The van der Waals surface area contributed by atoms with Crippen molar-refractivity contribution in [3.8, 4) is 0 Å². The fraction of sp³-hybridized carbons (Fsp3) is 0.286. The predicted octanol–water partition coefficient (Wildman–Crippen LogP) is 1.15. The first-order valence-electron chi connectivity index (χ1n) is 5.94. The number of nitrogens with one attached hydrogen (secondary N) is 1. The zero-order chi connectivity index (χ0) is 13.8. The fourth-order valence-electron chi connectivity index (χ4n) is 1.92. The molecular formula is C14H15NO4. The molecule has 2 rings (SSSR count). The average molecular weight is 261 g/mol. The van der Waals surface area contributed by atoms with Crippen molar-refractivity contribution >= 4 is 11.9 Å². The van der Waals surface area contributed by atoms with Crippen LogP contribution in [0.2, 0.25) is 0 Å². The molecular weight excluding hydrogens is 246 g/mol. The van der Waals surface area contributed by atoms with Gasteiger partial charge in [0.15, 0.2) is 0 Å². The first kappa shape index (κ1) is 13.1. The van der Waals surface area contributed by atoms with Gasteiger partial charge in [-0.1, -0.05) is 30.3 Å². The SMILES string of the molecule is COC(=O)C1=C(NCc2ccccc2)C(=O)OC1C. The van der Waals surface area contributed by atoms with Gasteiger partial charge in [-0.05, 0) is 12.5 Å². The topological polar surface area (TPSA) is 64.6 Å². The molecule has 1 aliphatic heterocycles. The van der Waals surface area contributed by atoms with E-state index in [1.807, 2.05) is 30.3 Å². The van der Waals surface area contributed by atoms with E-state index in [0.29, 0.717) is 6.54 Å². The van der Waals surface area contributed by atoms with E-state index in [0.717, 1.165) is 5.56 Å². The van der Waals surface area contributed by atoms with E-state index in [1.165, 1.54) is 7.11 Å². The van der Waals surface area contributed by atoms with Gasteiger partial charge in [-0.3, -0.25) is 0 Å². The van der Waals surface area contributed by atoms with Crippen LogP contribution in [0.1, 0.15) is 12.5 Å². The number of carbonyl (C=O) groups excluding carboxylic acids is 2. The van der Waals surface area contributed by atoms with Crippen molar-refractivity contribution in [2.24, 2.45) is 0 Å². The molecule has 0 bridgehead atoms. The summed E-state index contributed by atoms with van der Waals surface area (Å²) >= 11 is 0. The number of cyclic esters (lactones) is 1. The molecule has 1 aromatic rings. The van der Waals surface area contributed by atoms with Gasteiger partial charge in [-0.2, -0.15) is 0 Å². The Morgan fingerprint density at radius 3 is 2.68 bits per heavy atom. The van der Waals surface area contributed by atoms with Crippen molar-refractivity contribution < 1.29 is 19.1 Å². The van der Waals surface area contributed by atoms with Gasteiger partial charge in [-0.15, -0.1) is 0 Å². The monoisotopic (exact) mass is 261 g/mol. The van der Waals surface area contributed by atoms with Gasteiger partial charge in [0.2, 0.25) is 0 Å². The van der Waals surface area contributed by atoms with Crippen LogP contribution in [0.15, 0.2) is 41.6 Å². The summed E-state index contributed by atoms with van der Waals surface area (Å²) in [4.78, 5) is 23.3. The minimum Gasteiger partial charge on any atom is -0.465 e. The molecule has 0 fully saturated rings. The Balaban J connectivity index is 2.17. The molecule has 1 N–H and O–H groups in total. The molecule has 0 radical (unpaired) electrons. The van der Waals surface area contributed by atoms with Gasteiger partial charge in [0, 0.05) is 6.54 Å². The lowest BCUT2D eigenvalue weighted by atomic mass is 10.1. The van der Waals surface area contributed by atoms with Gasteiger partial charge >= 0.3 is 11.9 Å². The lowest BCUT2D eigenvalue weighted by molar-refractivity contribution is -0.140. The molecule has 0 aromatic heterocycles. The van der Waals surface area contributed by atoms with Crippen LogP contribution in [0, 0.1) is 0 Å². The Morgan fingerprint density at radius 1 is 1.37 bits per heavy atom. The number of ether oxygens (including phenoxy) is 2. The van der Waals surface area contributed by atoms with Crippen LogP contribution in [0.5, 0.6) is 0 Å². The number of rotatable bonds is 4. The van der Waals surface area contributed by atoms with Crippen LogP contribution in [0.25, 0.3) is 0 Å². The van der Waals surface area contributed by atoms with Crippen molar-refractivity contribution in [2.75, 3.05) is 7.11 Å². The van der Waals surface area contributed by atoms with Crippen LogP contribution in [-0.2, 0) is 25.6 Å². The van der Waals surface area contributed by atoms with Crippen molar-refractivity contribution in [1.82, 2.24) is 5.32 Å². The molecule has 1 heterocycles. The summed E-state index contributed by atoms with van der Waals surface area (Å²) in [5, 5.41) is 2.95. The number of benzene rings is 1. The van der Waals surface area contributed by atoms with Crippen LogP contribution in [0.3, 0.4) is 0 Å². The number of methoxy groups -OCH3 is 1. The second kappa shape index (κ2) is 5.56. The van der Waals surface area contributed by atoms with Crippen LogP contribution < -0.4 is 5.32 Å². The van der Waals surface area contributed by atoms with Crippen molar-refractivity contribution in [3.05, 3.63) is 47.2 Å². The van der Waals surface area contributed by atoms with Gasteiger partial charge in [0.25, 0.3) is 0 Å². The van der Waals surface area contributed by atoms with Crippen molar-refractivity contribution in [3.63, 3.8) is 0 Å². The maximum absolute atomic E-state index is 11.7. The fourth-order valence-corrected chi connectivity index (χ4v) is 1.92. The second-order valence-corrected chi connectivity index (χ2v) is 4.17. The van der Waals surface area contributed by atoms with Gasteiger partial charge in [0.05, 0.1) is 7.11 Å². The van der Waals surface area contributed by atoms with Crippen LogP contribution in [-0.4, -0.2) is 25.2 Å². The summed E-state index contributed by atoms with van der Waals surface area (Å²) in [6.07, 6.45) is -0.585. The zero-order valence-electron chi connectivity index (χ0n) is 10.8. The highest BCUT2D eigenvalue weighted by molar-refractivity contribution is 6.03. The summed E-state index contributed by atoms with van der Waals surface area (Å²) in [6.45, 7) is 2.08. The third-order valence-electron chi connectivity index (χ3n) is 2.88. The number of carbonyl (C=O) groups is 2. The second-order valence-electron chi connectivity index (χ2n) is 4.17. The lowest BCUT2D eigenvalue weighted by Crippen LogP contribution is -2.21. The predicted molar refractivity (Wildman–Crippen MR) is 67.9 cm³/mol. The Hall–Kier alpha value is -2.30. The van der Waals surface area contributed by atoms with Gasteiger partial charge in [0.1, 0.15) is 17.4 Å². The summed E-state index contributed by atoms with van der Waals surface area (Å²) < 4.78 is 9.69. The average Bonchev–Trinajstić information content (AvgIpc) is 2.71. The van der Waals surface area contributed by atoms with E-state index in [9.17, 15) is 9.59 Å². The first-order chi connectivity index (χ1) is 9.13. The molecule has 100 valence electrons. The van der Waals surface area contributed by atoms with Crippen LogP contribution >= 0.6 is 0 Å². The minimum absolute atomic E-state index is 0.184. The molecule has 0 spiro atoms. The minimum atomic E-state index is -0.585. The van der Waals surface area contributed by atoms with Gasteiger partial charge in [-0.25, -0.2) is 9.59 Å². The molecule has 0 saturated heterocycles. The molecule has 0 aliphatic carbocycles. The Bertz CT molecular complexity index is 522. The summed E-state index contributed by atoms with van der Waals surface area (Å²) in [5.41, 5.74) is 1.43. The zero-order valence-corrected chi connectivity index (χ0v) is 10.8. The molecule has 0 saturated carbocycles. The van der Waals surface area contributed by atoms with E-state index in [-0.39, 0.29) is 11.3 Å². The standard InChI is InChI=1S/C14H15NO4/c1-9-11(13(16)18-2)12(14(17)19-9)15-8-10-6-4-3-5-7-10/h3-7,9,15H,8H2,1-2H3. The van der Waals surface area contributed by atoms with Crippen LogP contribution in [0.4, 0.5) is 0 Å². The molecule has 1 atom stereocenters. The van der Waals surface area contributed by atoms with E-state index >= 15 is 0 Å². The maximum atomic E-state index is 11.7. The molecule has 19 heavy (non-hydrogen) atoms. The Morgan fingerprint density at radius 2 is 2.05 bits per heavy atom. The normalized spacial score (nSPS) is 18.2. The summed E-state index contributed by atoms with van der Waals surface area (Å²) in [5.74, 6) is -1.07. The molecule has 5 heteroatoms. The first-order valence-corrected chi connectivity index (χ1v) is 5.94. The smallest absolute Gasteiger partial charge is 0.355 e. The van der Waals surface area contributed by atoms with E-state index in [4.69, 9.17) is 4.74 Å². The van der Waals surface area contributed by atoms with E-state index in [2.05, 4.69) is 10.1 Å². The summed E-state index contributed by atoms with van der Waals surface area (Å²) in [6, 6.07) is 9.57. The maximum Gasteiger partial charge on any atom is 0.355 e. The molecule has 1 aliphatic rings. The highest BCUT2D eigenvalue weighted by Crippen LogP contribution is 2.22.